The topological polar surface area (TPSA) is 63.4 Å². The summed E-state index contributed by atoms with van der Waals surface area (Å²) in [5.41, 5.74) is 5.72. The van der Waals surface area contributed by atoms with Crippen LogP contribution in [-0.4, -0.2) is 32.4 Å². The summed E-state index contributed by atoms with van der Waals surface area (Å²) in [6, 6.07) is 5.97. The molecule has 0 aliphatic carbocycles. The second-order valence-corrected chi connectivity index (χ2v) is 7.41. The van der Waals surface area contributed by atoms with E-state index in [1.807, 2.05) is 6.92 Å². The van der Waals surface area contributed by atoms with E-state index in [-0.39, 0.29) is 16.7 Å². The Morgan fingerprint density at radius 2 is 2.11 bits per heavy atom. The monoisotopic (exact) mass is 286 g/mol. The Morgan fingerprint density at radius 3 is 2.68 bits per heavy atom. The van der Waals surface area contributed by atoms with Crippen molar-refractivity contribution in [3.05, 3.63) is 35.6 Å². The molecule has 0 bridgehead atoms. The summed E-state index contributed by atoms with van der Waals surface area (Å²) >= 11 is 0. The van der Waals surface area contributed by atoms with Crippen molar-refractivity contribution < 1.29 is 12.8 Å². The lowest BCUT2D eigenvalue weighted by molar-refractivity contribution is 0.349. The first-order valence-corrected chi connectivity index (χ1v) is 7.88. The maximum atomic E-state index is 13.5. The number of hydrogen-bond donors (Lipinski definition) is 1. The molecule has 1 atom stereocenters. The molecule has 1 heterocycles. The summed E-state index contributed by atoms with van der Waals surface area (Å²) in [4.78, 5) is 0. The van der Waals surface area contributed by atoms with Crippen LogP contribution in [0.15, 0.2) is 24.3 Å². The van der Waals surface area contributed by atoms with Crippen molar-refractivity contribution in [1.29, 1.82) is 0 Å². The Morgan fingerprint density at radius 1 is 1.42 bits per heavy atom. The Kier molecular flexibility index (Phi) is 3.94. The van der Waals surface area contributed by atoms with Gasteiger partial charge in [-0.2, -0.15) is 0 Å². The Balaban J connectivity index is 2.15. The van der Waals surface area contributed by atoms with Crippen LogP contribution in [0.25, 0.3) is 0 Å². The molecule has 1 aromatic rings. The highest BCUT2D eigenvalue weighted by molar-refractivity contribution is 7.88. The molecular formula is C13H19FN2O2S. The van der Waals surface area contributed by atoms with E-state index in [0.717, 1.165) is 6.42 Å². The third-order valence-electron chi connectivity index (χ3n) is 3.70. The van der Waals surface area contributed by atoms with Crippen LogP contribution in [0.3, 0.4) is 0 Å². The largest absolute Gasteiger partial charge is 0.330 e. The molecule has 19 heavy (non-hydrogen) atoms. The lowest BCUT2D eigenvalue weighted by Crippen LogP contribution is -2.35. The molecule has 6 heteroatoms. The maximum Gasteiger partial charge on any atom is 0.218 e. The highest BCUT2D eigenvalue weighted by Gasteiger charge is 2.38. The van der Waals surface area contributed by atoms with Crippen LogP contribution >= 0.6 is 0 Å². The fourth-order valence-electron chi connectivity index (χ4n) is 2.29. The van der Waals surface area contributed by atoms with Gasteiger partial charge in [0.2, 0.25) is 10.0 Å². The van der Waals surface area contributed by atoms with E-state index in [9.17, 15) is 12.8 Å². The number of hydrogen-bond acceptors (Lipinski definition) is 3. The van der Waals surface area contributed by atoms with Gasteiger partial charge in [-0.15, -0.1) is 0 Å². The fourth-order valence-corrected chi connectivity index (χ4v) is 3.97. The summed E-state index contributed by atoms with van der Waals surface area (Å²) < 4.78 is 39.5. The molecule has 2 N–H and O–H groups in total. The van der Waals surface area contributed by atoms with Gasteiger partial charge in [-0.3, -0.25) is 0 Å². The number of nitrogens with two attached hydrogens (primary N) is 1. The highest BCUT2D eigenvalue weighted by Crippen LogP contribution is 2.31. The zero-order chi connectivity index (χ0) is 14.1. The molecule has 0 aromatic heterocycles. The molecule has 0 amide bonds. The van der Waals surface area contributed by atoms with Gasteiger partial charge in [-0.25, -0.2) is 17.1 Å². The van der Waals surface area contributed by atoms with E-state index >= 15 is 0 Å². The lowest BCUT2D eigenvalue weighted by atomic mass is 9.90. The quantitative estimate of drug-likeness (QED) is 0.908. The van der Waals surface area contributed by atoms with Crippen molar-refractivity contribution in [2.45, 2.75) is 19.1 Å². The van der Waals surface area contributed by atoms with E-state index in [4.69, 9.17) is 5.73 Å². The van der Waals surface area contributed by atoms with Crippen LogP contribution in [0.4, 0.5) is 4.39 Å². The average Bonchev–Trinajstić information content (AvgIpc) is 2.76. The Bertz CT molecular complexity index is 562. The summed E-state index contributed by atoms with van der Waals surface area (Å²) in [6.07, 6.45) is 0.750. The number of rotatable bonds is 4. The predicted molar refractivity (Wildman–Crippen MR) is 72.4 cm³/mol. The molecule has 0 saturated carbocycles. The second-order valence-electron chi connectivity index (χ2n) is 5.45. The minimum absolute atomic E-state index is 0.164. The van der Waals surface area contributed by atoms with Crippen molar-refractivity contribution in [3.8, 4) is 0 Å². The van der Waals surface area contributed by atoms with Gasteiger partial charge in [-0.1, -0.05) is 25.1 Å². The summed E-state index contributed by atoms with van der Waals surface area (Å²) in [5.74, 6) is -0.771. The van der Waals surface area contributed by atoms with Crippen molar-refractivity contribution >= 4 is 10.0 Å². The van der Waals surface area contributed by atoms with Gasteiger partial charge in [0, 0.05) is 18.7 Å². The van der Waals surface area contributed by atoms with Crippen LogP contribution < -0.4 is 5.73 Å². The van der Waals surface area contributed by atoms with Crippen LogP contribution in [0, 0.1) is 11.2 Å². The maximum absolute atomic E-state index is 13.5. The van der Waals surface area contributed by atoms with Crippen LogP contribution in [0.1, 0.15) is 18.9 Å². The van der Waals surface area contributed by atoms with E-state index in [1.54, 1.807) is 12.1 Å². The van der Waals surface area contributed by atoms with Crippen molar-refractivity contribution in [2.24, 2.45) is 11.1 Å². The normalized spacial score (nSPS) is 24.8. The van der Waals surface area contributed by atoms with E-state index in [2.05, 4.69) is 0 Å². The zero-order valence-electron chi connectivity index (χ0n) is 11.0. The number of sulfonamides is 1. The molecular weight excluding hydrogens is 267 g/mol. The van der Waals surface area contributed by atoms with Gasteiger partial charge in [0.1, 0.15) is 5.82 Å². The van der Waals surface area contributed by atoms with Crippen molar-refractivity contribution in [1.82, 2.24) is 4.31 Å². The highest BCUT2D eigenvalue weighted by atomic mass is 32.2. The summed E-state index contributed by atoms with van der Waals surface area (Å²) in [7, 11) is -3.48. The average molecular weight is 286 g/mol. The van der Waals surface area contributed by atoms with E-state index in [0.29, 0.717) is 19.6 Å². The molecule has 1 aliphatic heterocycles. The lowest BCUT2D eigenvalue weighted by Gasteiger charge is -2.22. The number of halogens is 1. The first-order valence-electron chi connectivity index (χ1n) is 6.28. The molecule has 1 unspecified atom stereocenters. The van der Waals surface area contributed by atoms with Gasteiger partial charge in [-0.05, 0) is 24.4 Å². The van der Waals surface area contributed by atoms with Gasteiger partial charge in [0.25, 0.3) is 0 Å². The third-order valence-corrected chi connectivity index (χ3v) is 5.48. The van der Waals surface area contributed by atoms with Crippen molar-refractivity contribution in [3.63, 3.8) is 0 Å². The summed E-state index contributed by atoms with van der Waals surface area (Å²) in [5, 5.41) is 0. The van der Waals surface area contributed by atoms with Gasteiger partial charge in [0.05, 0.1) is 5.75 Å². The molecule has 0 spiro atoms. The Hall–Kier alpha value is -0.980. The zero-order valence-corrected chi connectivity index (χ0v) is 11.8. The molecule has 0 radical (unpaired) electrons. The van der Waals surface area contributed by atoms with Crippen LogP contribution in [0.5, 0.6) is 0 Å². The summed E-state index contributed by atoms with van der Waals surface area (Å²) in [6.45, 7) is 3.31. The minimum Gasteiger partial charge on any atom is -0.330 e. The van der Waals surface area contributed by atoms with Crippen LogP contribution in [0.2, 0.25) is 0 Å². The number of benzene rings is 1. The number of nitrogens with zero attached hydrogens (tertiary/aromatic N) is 1. The second kappa shape index (κ2) is 5.19. The standard InChI is InChI=1S/C13H19FN2O2S/c1-13(9-15)6-7-16(10-13)19(17,18)8-11-4-2-3-5-12(11)14/h2-5H,6-10,15H2,1H3. The molecule has 2 rings (SSSR count). The van der Waals surface area contributed by atoms with Gasteiger partial charge in [0.15, 0.2) is 0 Å². The smallest absolute Gasteiger partial charge is 0.218 e. The molecule has 1 aliphatic rings. The molecule has 4 nitrogen and oxygen atoms in total. The Labute approximate surface area is 113 Å². The molecule has 1 aromatic carbocycles. The molecule has 1 saturated heterocycles. The van der Waals surface area contributed by atoms with Gasteiger partial charge < -0.3 is 5.73 Å². The minimum atomic E-state index is -3.48. The van der Waals surface area contributed by atoms with Crippen LogP contribution in [-0.2, 0) is 15.8 Å². The van der Waals surface area contributed by atoms with Crippen molar-refractivity contribution in [2.75, 3.05) is 19.6 Å². The van der Waals surface area contributed by atoms with E-state index in [1.165, 1.54) is 16.4 Å². The third kappa shape index (κ3) is 3.13. The van der Waals surface area contributed by atoms with Gasteiger partial charge >= 0.3 is 0 Å². The predicted octanol–water partition coefficient (Wildman–Crippen LogP) is 1.33. The molecule has 106 valence electrons. The first kappa shape index (κ1) is 14.4. The first-order chi connectivity index (χ1) is 8.86. The van der Waals surface area contributed by atoms with E-state index < -0.39 is 15.8 Å². The SMILES string of the molecule is CC1(CN)CCN(S(=O)(=O)Cc2ccccc2F)C1. The molecule has 1 fully saturated rings. The fraction of sp³-hybridized carbons (Fsp3) is 0.538.